The molecule has 3 heterocycles. The van der Waals surface area contributed by atoms with E-state index < -0.39 is 0 Å². The average Bonchev–Trinajstić information content (AvgIpc) is 2.82. The molecule has 0 saturated carbocycles. The predicted octanol–water partition coefficient (Wildman–Crippen LogP) is 6.47. The number of fused-ring (bicyclic) bond motifs is 1. The number of hydrogen-bond donors (Lipinski definition) is 1. The molecular formula is C27H21N3O2. The maximum absolute atomic E-state index is 9.60. The number of ether oxygens (including phenoxy) is 1. The Morgan fingerprint density at radius 2 is 1.56 bits per heavy atom. The summed E-state index contributed by atoms with van der Waals surface area (Å²) in [6.07, 6.45) is 3.49. The maximum atomic E-state index is 9.60. The lowest BCUT2D eigenvalue weighted by molar-refractivity contribution is 0.475. The monoisotopic (exact) mass is 419 g/mol. The van der Waals surface area contributed by atoms with Crippen LogP contribution in [0.25, 0.3) is 33.4 Å². The molecule has 0 spiro atoms. The van der Waals surface area contributed by atoms with E-state index in [2.05, 4.69) is 16.0 Å². The molecule has 0 aliphatic heterocycles. The quantitative estimate of drug-likeness (QED) is 0.361. The summed E-state index contributed by atoms with van der Waals surface area (Å²) in [5.74, 6) is 1.58. The van der Waals surface area contributed by atoms with Gasteiger partial charge < -0.3 is 9.84 Å². The minimum atomic E-state index is 0.240. The summed E-state index contributed by atoms with van der Waals surface area (Å²) in [6, 6.07) is 22.8. The van der Waals surface area contributed by atoms with Crippen molar-refractivity contribution in [2.45, 2.75) is 13.8 Å². The molecule has 0 amide bonds. The fourth-order valence-electron chi connectivity index (χ4n) is 3.61. The molecule has 0 saturated heterocycles. The molecule has 32 heavy (non-hydrogen) atoms. The van der Waals surface area contributed by atoms with Crippen LogP contribution >= 0.6 is 0 Å². The second-order valence-electron chi connectivity index (χ2n) is 7.64. The number of rotatable bonds is 4. The highest BCUT2D eigenvalue weighted by molar-refractivity contribution is 5.89. The van der Waals surface area contributed by atoms with Crippen LogP contribution < -0.4 is 4.74 Å². The van der Waals surface area contributed by atoms with Crippen molar-refractivity contribution in [3.05, 3.63) is 96.4 Å². The van der Waals surface area contributed by atoms with Crippen molar-refractivity contribution in [2.75, 3.05) is 0 Å². The number of phenols is 1. The predicted molar refractivity (Wildman–Crippen MR) is 126 cm³/mol. The molecule has 0 atom stereocenters. The first-order chi connectivity index (χ1) is 15.6. The summed E-state index contributed by atoms with van der Waals surface area (Å²) in [5.41, 5.74) is 6.29. The van der Waals surface area contributed by atoms with Crippen molar-refractivity contribution < 1.29 is 9.84 Å². The molecule has 5 rings (SSSR count). The number of phenolic OH excluding ortho intramolecular Hbond substituents is 1. The molecule has 0 fully saturated rings. The van der Waals surface area contributed by atoms with Crippen LogP contribution in [-0.2, 0) is 0 Å². The lowest BCUT2D eigenvalue weighted by atomic mass is 10.0. The van der Waals surface area contributed by atoms with Crippen molar-refractivity contribution in [3.8, 4) is 39.8 Å². The summed E-state index contributed by atoms with van der Waals surface area (Å²) < 4.78 is 6.44. The molecule has 0 radical (unpaired) electrons. The van der Waals surface area contributed by atoms with E-state index in [1.807, 2.05) is 68.4 Å². The fourth-order valence-corrected chi connectivity index (χ4v) is 3.61. The number of aromatic hydroxyl groups is 1. The third-order valence-electron chi connectivity index (χ3n) is 5.46. The van der Waals surface area contributed by atoms with Gasteiger partial charge in [-0.3, -0.25) is 9.97 Å². The van der Waals surface area contributed by atoms with Crippen LogP contribution in [0.1, 0.15) is 11.3 Å². The first kappa shape index (κ1) is 19.7. The molecule has 5 nitrogen and oxygen atoms in total. The van der Waals surface area contributed by atoms with Crippen LogP contribution in [0.4, 0.5) is 0 Å². The van der Waals surface area contributed by atoms with Gasteiger partial charge in [0.1, 0.15) is 17.2 Å². The first-order valence-electron chi connectivity index (χ1n) is 10.3. The van der Waals surface area contributed by atoms with E-state index in [4.69, 9.17) is 9.72 Å². The number of benzene rings is 2. The summed E-state index contributed by atoms with van der Waals surface area (Å²) in [6.45, 7) is 4.00. The highest BCUT2D eigenvalue weighted by Crippen LogP contribution is 2.36. The fraction of sp³-hybridized carbons (Fsp3) is 0.0741. The molecule has 0 aliphatic carbocycles. The average molecular weight is 419 g/mol. The Morgan fingerprint density at radius 3 is 2.34 bits per heavy atom. The minimum Gasteiger partial charge on any atom is -0.508 e. The number of nitrogens with zero attached hydrogens (tertiary/aromatic N) is 3. The highest BCUT2D eigenvalue weighted by Gasteiger charge is 2.15. The zero-order chi connectivity index (χ0) is 22.1. The van der Waals surface area contributed by atoms with Crippen molar-refractivity contribution in [3.63, 3.8) is 0 Å². The zero-order valence-electron chi connectivity index (χ0n) is 17.8. The van der Waals surface area contributed by atoms with E-state index in [0.29, 0.717) is 17.2 Å². The van der Waals surface area contributed by atoms with Crippen molar-refractivity contribution in [2.24, 2.45) is 0 Å². The smallest absolute Gasteiger partial charge is 0.155 e. The molecule has 3 aromatic heterocycles. The van der Waals surface area contributed by atoms with E-state index in [1.54, 1.807) is 24.5 Å². The summed E-state index contributed by atoms with van der Waals surface area (Å²) in [4.78, 5) is 13.7. The summed E-state index contributed by atoms with van der Waals surface area (Å²) in [7, 11) is 0. The Labute approximate surface area is 186 Å². The molecule has 156 valence electrons. The van der Waals surface area contributed by atoms with Crippen LogP contribution in [0, 0.1) is 13.8 Å². The van der Waals surface area contributed by atoms with Gasteiger partial charge in [-0.1, -0.05) is 24.3 Å². The van der Waals surface area contributed by atoms with Crippen molar-refractivity contribution in [1.82, 2.24) is 15.0 Å². The molecule has 0 unspecified atom stereocenters. The van der Waals surface area contributed by atoms with E-state index in [0.717, 1.165) is 39.0 Å². The molecule has 1 N–H and O–H groups in total. The Morgan fingerprint density at radius 1 is 0.750 bits per heavy atom. The van der Waals surface area contributed by atoms with Gasteiger partial charge in [0.05, 0.1) is 11.2 Å². The third kappa shape index (κ3) is 3.76. The second kappa shape index (κ2) is 8.12. The van der Waals surface area contributed by atoms with Gasteiger partial charge in [0.2, 0.25) is 0 Å². The molecular weight excluding hydrogens is 398 g/mol. The SMILES string of the molecule is Cc1cc(Oc2ccnc3ccc(-c4ccc(O)cc4)cc23)c(-c2ccccn2)nc1C. The second-order valence-corrected chi connectivity index (χ2v) is 7.64. The van der Waals surface area contributed by atoms with E-state index >= 15 is 0 Å². The van der Waals surface area contributed by atoms with E-state index in [9.17, 15) is 5.11 Å². The topological polar surface area (TPSA) is 68.1 Å². The number of hydrogen-bond acceptors (Lipinski definition) is 5. The van der Waals surface area contributed by atoms with Gasteiger partial charge in [-0.25, -0.2) is 4.98 Å². The summed E-state index contributed by atoms with van der Waals surface area (Å²) >= 11 is 0. The summed E-state index contributed by atoms with van der Waals surface area (Å²) in [5, 5.41) is 10.5. The Balaban J connectivity index is 1.62. The van der Waals surface area contributed by atoms with Gasteiger partial charge in [-0.15, -0.1) is 0 Å². The van der Waals surface area contributed by atoms with E-state index in [1.165, 1.54) is 0 Å². The first-order valence-corrected chi connectivity index (χ1v) is 10.3. The van der Waals surface area contributed by atoms with Gasteiger partial charge in [0.15, 0.2) is 5.75 Å². The molecule has 5 heteroatoms. The van der Waals surface area contributed by atoms with Gasteiger partial charge in [0, 0.05) is 23.5 Å². The van der Waals surface area contributed by atoms with Gasteiger partial charge >= 0.3 is 0 Å². The number of pyridine rings is 3. The Bertz CT molecular complexity index is 1420. The Kier molecular flexibility index (Phi) is 5.00. The van der Waals surface area contributed by atoms with Crippen LogP contribution in [-0.4, -0.2) is 20.1 Å². The lowest BCUT2D eigenvalue weighted by Gasteiger charge is -2.14. The van der Waals surface area contributed by atoms with Crippen LogP contribution in [0.15, 0.2) is 85.2 Å². The zero-order valence-corrected chi connectivity index (χ0v) is 17.8. The van der Waals surface area contributed by atoms with Gasteiger partial charge in [-0.05, 0) is 79.1 Å². The highest BCUT2D eigenvalue weighted by atomic mass is 16.5. The third-order valence-corrected chi connectivity index (χ3v) is 5.46. The molecule has 0 bridgehead atoms. The molecule has 0 aliphatic rings. The van der Waals surface area contributed by atoms with Crippen LogP contribution in [0.2, 0.25) is 0 Å². The normalized spacial score (nSPS) is 10.9. The number of aryl methyl sites for hydroxylation is 2. The van der Waals surface area contributed by atoms with Crippen LogP contribution in [0.3, 0.4) is 0 Å². The van der Waals surface area contributed by atoms with Crippen LogP contribution in [0.5, 0.6) is 17.2 Å². The maximum Gasteiger partial charge on any atom is 0.155 e. The van der Waals surface area contributed by atoms with E-state index in [-0.39, 0.29) is 5.75 Å². The van der Waals surface area contributed by atoms with Gasteiger partial charge in [-0.2, -0.15) is 0 Å². The van der Waals surface area contributed by atoms with Crippen molar-refractivity contribution in [1.29, 1.82) is 0 Å². The largest absolute Gasteiger partial charge is 0.508 e. The van der Waals surface area contributed by atoms with Crippen molar-refractivity contribution >= 4 is 10.9 Å². The minimum absolute atomic E-state index is 0.240. The standard InChI is InChI=1S/C27H21N3O2/c1-17-15-26(27(30-18(17)2)24-5-3-4-13-28-24)32-25-12-14-29-23-11-8-20(16-22(23)25)19-6-9-21(31)10-7-19/h3-16,31H,1-2H3. The molecule has 5 aromatic rings. The van der Waals surface area contributed by atoms with Gasteiger partial charge in [0.25, 0.3) is 0 Å². The number of aromatic nitrogens is 3. The lowest BCUT2D eigenvalue weighted by Crippen LogP contribution is -1.98. The molecule has 2 aromatic carbocycles. The Hall–Kier alpha value is -4.25.